The molecular formula is C14H20N3O5P. The van der Waals surface area contributed by atoms with Gasteiger partial charge in [-0.05, 0) is 30.7 Å². The van der Waals surface area contributed by atoms with Crippen LogP contribution in [0.15, 0.2) is 18.2 Å². The van der Waals surface area contributed by atoms with Crippen molar-refractivity contribution >= 4 is 19.4 Å². The lowest BCUT2D eigenvalue weighted by atomic mass is 10.1. The van der Waals surface area contributed by atoms with E-state index in [0.29, 0.717) is 36.2 Å². The largest absolute Gasteiger partial charge is 0.469 e. The maximum absolute atomic E-state index is 11.7. The predicted octanol–water partition coefficient (Wildman–Crippen LogP) is 0.284. The first kappa shape index (κ1) is 19.3. The number of anilines is 1. The smallest absolute Gasteiger partial charge is 0.330 e. The van der Waals surface area contributed by atoms with Crippen molar-refractivity contribution in [2.45, 2.75) is 19.4 Å². The maximum atomic E-state index is 11.7. The second kappa shape index (κ2) is 9.43. The van der Waals surface area contributed by atoms with Crippen molar-refractivity contribution in [1.82, 2.24) is 0 Å². The lowest BCUT2D eigenvalue weighted by molar-refractivity contribution is -0.116. The monoisotopic (exact) mass is 341 g/mol. The number of rotatable bonds is 7. The topological polar surface area (TPSA) is 148 Å². The van der Waals surface area contributed by atoms with E-state index in [1.54, 1.807) is 18.2 Å². The first-order valence-electron chi connectivity index (χ1n) is 6.87. The zero-order chi connectivity index (χ0) is 17.3. The van der Waals surface area contributed by atoms with Crippen molar-refractivity contribution in [2.75, 3.05) is 18.4 Å². The minimum atomic E-state index is -4.58. The molecule has 8 nitrogen and oxygen atoms in total. The van der Waals surface area contributed by atoms with E-state index in [1.807, 2.05) is 0 Å². The van der Waals surface area contributed by atoms with Crippen LogP contribution in [0, 0.1) is 11.8 Å². The minimum Gasteiger partial charge on any atom is -0.330 e. The Bertz CT molecular complexity index is 648. The maximum Gasteiger partial charge on any atom is 0.469 e. The number of nitrogens with one attached hydrogen (secondary N) is 1. The molecule has 126 valence electrons. The Hall–Kier alpha value is -1.72. The van der Waals surface area contributed by atoms with Gasteiger partial charge in [0.2, 0.25) is 5.91 Å². The fourth-order valence-corrected chi connectivity index (χ4v) is 1.99. The van der Waals surface area contributed by atoms with Crippen LogP contribution in [0.2, 0.25) is 0 Å². The zero-order valence-electron chi connectivity index (χ0n) is 12.5. The van der Waals surface area contributed by atoms with Crippen molar-refractivity contribution in [1.29, 1.82) is 0 Å². The van der Waals surface area contributed by atoms with Crippen LogP contribution in [-0.4, -0.2) is 28.8 Å². The number of hydrogen-bond donors (Lipinski definition) is 5. The van der Waals surface area contributed by atoms with Gasteiger partial charge in [-0.25, -0.2) is 4.57 Å². The van der Waals surface area contributed by atoms with Crippen LogP contribution in [0.4, 0.5) is 5.69 Å². The van der Waals surface area contributed by atoms with Gasteiger partial charge in [0.15, 0.2) is 0 Å². The normalized spacial score (nSPS) is 10.8. The van der Waals surface area contributed by atoms with Crippen LogP contribution in [0.1, 0.15) is 24.0 Å². The molecule has 7 N–H and O–H groups in total. The molecule has 23 heavy (non-hydrogen) atoms. The molecule has 1 amide bonds. The van der Waals surface area contributed by atoms with E-state index in [2.05, 4.69) is 21.7 Å². The molecule has 1 aromatic rings. The van der Waals surface area contributed by atoms with E-state index < -0.39 is 7.82 Å². The van der Waals surface area contributed by atoms with Gasteiger partial charge < -0.3 is 26.6 Å². The van der Waals surface area contributed by atoms with Crippen LogP contribution in [0.3, 0.4) is 0 Å². The van der Waals surface area contributed by atoms with E-state index in [9.17, 15) is 9.36 Å². The van der Waals surface area contributed by atoms with Gasteiger partial charge in [0, 0.05) is 17.7 Å². The Morgan fingerprint density at radius 1 is 1.35 bits per heavy atom. The van der Waals surface area contributed by atoms with E-state index >= 15 is 0 Å². The summed E-state index contributed by atoms with van der Waals surface area (Å²) in [7, 11) is -4.58. The quantitative estimate of drug-likeness (QED) is 0.353. The van der Waals surface area contributed by atoms with Crippen molar-refractivity contribution in [3.8, 4) is 11.8 Å². The highest BCUT2D eigenvalue weighted by atomic mass is 31.2. The molecule has 0 bridgehead atoms. The highest BCUT2D eigenvalue weighted by molar-refractivity contribution is 7.46. The summed E-state index contributed by atoms with van der Waals surface area (Å²) in [6, 6.07) is 4.78. The Balaban J connectivity index is 2.92. The molecule has 0 saturated carbocycles. The molecular weight excluding hydrogens is 321 g/mol. The van der Waals surface area contributed by atoms with Gasteiger partial charge in [0.05, 0.1) is 13.2 Å². The third-order valence-electron chi connectivity index (χ3n) is 2.71. The highest BCUT2D eigenvalue weighted by Crippen LogP contribution is 2.37. The average Bonchev–Trinajstić information content (AvgIpc) is 2.49. The lowest BCUT2D eigenvalue weighted by Gasteiger charge is -2.10. The van der Waals surface area contributed by atoms with Crippen LogP contribution < -0.4 is 16.8 Å². The number of nitrogens with two attached hydrogens (primary N) is 2. The number of hydrogen-bond acceptors (Lipinski definition) is 5. The molecule has 0 atom stereocenters. The van der Waals surface area contributed by atoms with E-state index in [4.69, 9.17) is 21.3 Å². The van der Waals surface area contributed by atoms with Gasteiger partial charge in [-0.15, -0.1) is 0 Å². The number of phosphoric acid groups is 1. The number of amides is 1. The standard InChI is InChI=1S/C14H20N3O5P/c15-7-1-3-11-9-13(17-14(18)4-2-8-16)6-5-12(11)10-22-23(19,20)21/h5-6,9H,2,4,7-8,10,15-16H2,(H,17,18)(H2,19,20,21). The van der Waals surface area contributed by atoms with Gasteiger partial charge in [-0.1, -0.05) is 17.9 Å². The highest BCUT2D eigenvalue weighted by Gasteiger charge is 2.15. The van der Waals surface area contributed by atoms with Gasteiger partial charge in [0.1, 0.15) is 0 Å². The van der Waals surface area contributed by atoms with Crippen LogP contribution in [-0.2, 0) is 20.5 Å². The number of phosphoric ester groups is 1. The molecule has 0 spiro atoms. The first-order valence-corrected chi connectivity index (χ1v) is 8.40. The SMILES string of the molecule is NCC#Cc1cc(NC(=O)CCCN)ccc1COP(=O)(O)O. The van der Waals surface area contributed by atoms with Gasteiger partial charge in [-0.3, -0.25) is 9.32 Å². The molecule has 0 radical (unpaired) electrons. The zero-order valence-corrected chi connectivity index (χ0v) is 13.4. The summed E-state index contributed by atoms with van der Waals surface area (Å²) >= 11 is 0. The second-order valence-corrected chi connectivity index (χ2v) is 5.82. The van der Waals surface area contributed by atoms with Gasteiger partial charge >= 0.3 is 7.82 Å². The van der Waals surface area contributed by atoms with Crippen molar-refractivity contribution in [3.05, 3.63) is 29.3 Å². The third-order valence-corrected chi connectivity index (χ3v) is 3.18. The van der Waals surface area contributed by atoms with Gasteiger partial charge in [-0.2, -0.15) is 0 Å². The average molecular weight is 341 g/mol. The molecule has 0 aliphatic rings. The Kier molecular flexibility index (Phi) is 7.92. The molecule has 0 heterocycles. The number of carbonyl (C=O) groups is 1. The van der Waals surface area contributed by atoms with E-state index in [0.717, 1.165) is 0 Å². The minimum absolute atomic E-state index is 0.131. The fraction of sp³-hybridized carbons (Fsp3) is 0.357. The molecule has 0 fully saturated rings. The summed E-state index contributed by atoms with van der Waals surface area (Å²) in [6.45, 7) is 0.255. The first-order chi connectivity index (χ1) is 10.9. The third kappa shape index (κ3) is 7.90. The molecule has 0 saturated heterocycles. The molecule has 0 aliphatic heterocycles. The summed E-state index contributed by atoms with van der Waals surface area (Å²) in [5.41, 5.74) is 12.2. The summed E-state index contributed by atoms with van der Waals surface area (Å²) < 4.78 is 15.3. The fourth-order valence-electron chi connectivity index (χ4n) is 1.68. The van der Waals surface area contributed by atoms with Crippen LogP contribution >= 0.6 is 7.82 Å². The van der Waals surface area contributed by atoms with Crippen LogP contribution in [0.5, 0.6) is 0 Å². The Labute approximate surface area is 134 Å². The predicted molar refractivity (Wildman–Crippen MR) is 86.1 cm³/mol. The molecule has 9 heteroatoms. The molecule has 1 rings (SSSR count). The summed E-state index contributed by atoms with van der Waals surface area (Å²) in [5.74, 6) is 5.27. The van der Waals surface area contributed by atoms with Gasteiger partial charge in [0.25, 0.3) is 0 Å². The lowest BCUT2D eigenvalue weighted by Crippen LogP contribution is -2.13. The summed E-state index contributed by atoms with van der Waals surface area (Å²) in [6.07, 6.45) is 0.892. The van der Waals surface area contributed by atoms with Crippen molar-refractivity contribution in [2.24, 2.45) is 11.5 Å². The summed E-state index contributed by atoms with van der Waals surface area (Å²) in [4.78, 5) is 29.2. The Morgan fingerprint density at radius 2 is 2.09 bits per heavy atom. The van der Waals surface area contributed by atoms with E-state index in [1.165, 1.54) is 0 Å². The van der Waals surface area contributed by atoms with Crippen LogP contribution in [0.25, 0.3) is 0 Å². The van der Waals surface area contributed by atoms with Crippen molar-refractivity contribution in [3.63, 3.8) is 0 Å². The Morgan fingerprint density at radius 3 is 2.70 bits per heavy atom. The van der Waals surface area contributed by atoms with Crippen molar-refractivity contribution < 1.29 is 23.7 Å². The molecule has 0 aromatic heterocycles. The molecule has 0 aliphatic carbocycles. The van der Waals surface area contributed by atoms with E-state index in [-0.39, 0.29) is 19.1 Å². The number of benzene rings is 1. The number of carbonyl (C=O) groups excluding carboxylic acids is 1. The second-order valence-electron chi connectivity index (χ2n) is 4.58. The molecule has 1 aromatic carbocycles. The molecule has 0 unspecified atom stereocenters. The summed E-state index contributed by atoms with van der Waals surface area (Å²) in [5, 5.41) is 2.71.